The van der Waals surface area contributed by atoms with Gasteiger partial charge in [-0.25, -0.2) is 0 Å². The summed E-state index contributed by atoms with van der Waals surface area (Å²) in [5.41, 5.74) is -6.09. The Kier molecular flexibility index (Phi) is 3.40. The lowest BCUT2D eigenvalue weighted by molar-refractivity contribution is -0.188. The number of hydrogen-bond donors (Lipinski definition) is 4. The second-order valence-electron chi connectivity index (χ2n) is 5.03. The van der Waals surface area contributed by atoms with Gasteiger partial charge < -0.3 is 20.4 Å². The molecule has 0 saturated carbocycles. The molecular formula is C14H12O8. The van der Waals surface area contributed by atoms with Crippen molar-refractivity contribution < 1.29 is 39.6 Å². The van der Waals surface area contributed by atoms with Gasteiger partial charge in [-0.3, -0.25) is 19.2 Å². The van der Waals surface area contributed by atoms with Gasteiger partial charge in [-0.2, -0.15) is 0 Å². The Balaban J connectivity index is 3.00. The normalized spacial score (nSPS) is 18.0. The van der Waals surface area contributed by atoms with Crippen LogP contribution >= 0.6 is 0 Å². The molecule has 1 aliphatic rings. The molecule has 1 aliphatic carbocycles. The summed E-state index contributed by atoms with van der Waals surface area (Å²) in [4.78, 5) is 46.9. The molecular weight excluding hydrogens is 296 g/mol. The van der Waals surface area contributed by atoms with Crippen LogP contribution in [-0.2, 0) is 31.0 Å². The van der Waals surface area contributed by atoms with E-state index in [0.29, 0.717) is 5.56 Å². The van der Waals surface area contributed by atoms with E-state index in [-0.39, 0.29) is 12.0 Å². The summed E-state index contributed by atoms with van der Waals surface area (Å²) < 4.78 is 0. The lowest BCUT2D eigenvalue weighted by Crippen LogP contribution is -2.66. The van der Waals surface area contributed by atoms with Crippen molar-refractivity contribution in [2.24, 2.45) is 5.41 Å². The fraction of sp³-hybridized carbons (Fsp3) is 0.286. The van der Waals surface area contributed by atoms with Gasteiger partial charge in [-0.1, -0.05) is 24.3 Å². The van der Waals surface area contributed by atoms with Gasteiger partial charge in [0.2, 0.25) is 5.41 Å². The highest BCUT2D eigenvalue weighted by Gasteiger charge is 2.73. The van der Waals surface area contributed by atoms with Crippen LogP contribution in [0.3, 0.4) is 0 Å². The van der Waals surface area contributed by atoms with Crippen LogP contribution in [0.4, 0.5) is 0 Å². The molecule has 8 nitrogen and oxygen atoms in total. The van der Waals surface area contributed by atoms with Crippen molar-refractivity contribution in [1.29, 1.82) is 0 Å². The zero-order valence-electron chi connectivity index (χ0n) is 11.1. The molecule has 0 aliphatic heterocycles. The van der Waals surface area contributed by atoms with Crippen LogP contribution in [-0.4, -0.2) is 44.3 Å². The van der Waals surface area contributed by atoms with Crippen molar-refractivity contribution in [2.45, 2.75) is 18.3 Å². The second kappa shape index (κ2) is 4.83. The minimum atomic E-state index is -3.10. The molecule has 4 N–H and O–H groups in total. The van der Waals surface area contributed by atoms with E-state index in [1.54, 1.807) is 6.07 Å². The van der Waals surface area contributed by atoms with Crippen molar-refractivity contribution in [3.8, 4) is 0 Å². The Hall–Kier alpha value is -2.90. The highest BCUT2D eigenvalue weighted by molar-refractivity contribution is 6.17. The molecule has 1 aromatic rings. The molecule has 0 aromatic heterocycles. The van der Waals surface area contributed by atoms with Gasteiger partial charge in [0, 0.05) is 0 Å². The summed E-state index contributed by atoms with van der Waals surface area (Å²) in [7, 11) is 0. The molecule has 0 atom stereocenters. The van der Waals surface area contributed by atoms with Crippen molar-refractivity contribution in [3.05, 3.63) is 35.4 Å². The third-order valence-electron chi connectivity index (χ3n) is 4.20. The van der Waals surface area contributed by atoms with Crippen molar-refractivity contribution >= 4 is 23.9 Å². The molecule has 0 fully saturated rings. The van der Waals surface area contributed by atoms with Crippen molar-refractivity contribution in [2.75, 3.05) is 0 Å². The molecule has 0 unspecified atom stereocenters. The predicted octanol–water partition coefficient (Wildman–Crippen LogP) is 0.195. The Labute approximate surface area is 123 Å². The SMILES string of the molecule is O=C(O)C1(C(=O)O)CCc2ccccc2C1(C(=O)O)C(=O)O. The monoisotopic (exact) mass is 308 g/mol. The van der Waals surface area contributed by atoms with E-state index in [4.69, 9.17) is 0 Å². The Morgan fingerprint density at radius 2 is 1.32 bits per heavy atom. The fourth-order valence-corrected chi connectivity index (χ4v) is 3.16. The van der Waals surface area contributed by atoms with E-state index in [1.807, 2.05) is 0 Å². The van der Waals surface area contributed by atoms with Crippen molar-refractivity contribution in [3.63, 3.8) is 0 Å². The van der Waals surface area contributed by atoms with Gasteiger partial charge in [0.25, 0.3) is 0 Å². The number of fused-ring (bicyclic) bond motifs is 1. The van der Waals surface area contributed by atoms with Gasteiger partial charge in [0.05, 0.1) is 0 Å². The predicted molar refractivity (Wildman–Crippen MR) is 69.4 cm³/mol. The molecule has 0 radical (unpaired) electrons. The van der Waals surface area contributed by atoms with Crippen LogP contribution in [0.15, 0.2) is 24.3 Å². The number of benzene rings is 1. The highest BCUT2D eigenvalue weighted by atomic mass is 16.4. The first-order chi connectivity index (χ1) is 10.2. The van der Waals surface area contributed by atoms with Crippen LogP contribution in [0.1, 0.15) is 17.5 Å². The zero-order chi connectivity index (χ0) is 16.7. The molecule has 0 heterocycles. The average molecular weight is 308 g/mol. The first-order valence-corrected chi connectivity index (χ1v) is 6.25. The van der Waals surface area contributed by atoms with E-state index in [1.165, 1.54) is 12.1 Å². The average Bonchev–Trinajstić information content (AvgIpc) is 2.44. The number of carbonyl (C=O) groups is 4. The van der Waals surface area contributed by atoms with Crippen molar-refractivity contribution in [1.82, 2.24) is 0 Å². The zero-order valence-corrected chi connectivity index (χ0v) is 11.1. The number of rotatable bonds is 4. The molecule has 22 heavy (non-hydrogen) atoms. The molecule has 0 amide bonds. The molecule has 0 bridgehead atoms. The highest BCUT2D eigenvalue weighted by Crippen LogP contribution is 2.51. The lowest BCUT2D eigenvalue weighted by Gasteiger charge is -2.43. The summed E-state index contributed by atoms with van der Waals surface area (Å²) in [6, 6.07) is 5.50. The lowest BCUT2D eigenvalue weighted by atomic mass is 9.53. The first kappa shape index (κ1) is 15.5. The summed E-state index contributed by atoms with van der Waals surface area (Å²) in [5, 5.41) is 37.9. The van der Waals surface area contributed by atoms with Gasteiger partial charge in [-0.15, -0.1) is 0 Å². The quantitative estimate of drug-likeness (QED) is 0.576. The van der Waals surface area contributed by atoms with E-state index in [0.717, 1.165) is 6.07 Å². The van der Waals surface area contributed by atoms with Gasteiger partial charge in [-0.05, 0) is 24.0 Å². The Morgan fingerprint density at radius 1 is 0.818 bits per heavy atom. The standard InChI is InChI=1S/C14H12O8/c15-9(16)13(10(17)18)6-5-7-3-1-2-4-8(7)14(13,11(19)20)12(21)22/h1-4H,5-6H2,(H,15,16)(H,17,18)(H,19,20)(H,21,22). The molecule has 0 saturated heterocycles. The first-order valence-electron chi connectivity index (χ1n) is 6.25. The maximum Gasteiger partial charge on any atom is 0.327 e. The van der Waals surface area contributed by atoms with Crippen LogP contribution in [0, 0.1) is 5.41 Å². The van der Waals surface area contributed by atoms with Crippen LogP contribution < -0.4 is 0 Å². The number of aryl methyl sites for hydroxylation is 1. The molecule has 8 heteroatoms. The summed E-state index contributed by atoms with van der Waals surface area (Å²) >= 11 is 0. The van der Waals surface area contributed by atoms with Gasteiger partial charge >= 0.3 is 23.9 Å². The van der Waals surface area contributed by atoms with Gasteiger partial charge in [0.1, 0.15) is 0 Å². The minimum absolute atomic E-state index is 0.0446. The van der Waals surface area contributed by atoms with Gasteiger partial charge in [0.15, 0.2) is 5.41 Å². The maximum atomic E-state index is 11.8. The Bertz CT molecular complexity index is 662. The largest absolute Gasteiger partial charge is 0.480 e. The number of aliphatic carboxylic acids is 4. The summed E-state index contributed by atoms with van der Waals surface area (Å²) in [6.45, 7) is 0. The smallest absolute Gasteiger partial charge is 0.327 e. The minimum Gasteiger partial charge on any atom is -0.480 e. The molecule has 116 valence electrons. The molecule has 2 rings (SSSR count). The number of carboxylic acid groups (broad SMARTS) is 4. The van der Waals surface area contributed by atoms with Crippen LogP contribution in [0.25, 0.3) is 0 Å². The number of hydrogen-bond acceptors (Lipinski definition) is 4. The number of carboxylic acids is 4. The Morgan fingerprint density at radius 3 is 1.77 bits per heavy atom. The van der Waals surface area contributed by atoms with E-state index < -0.39 is 41.1 Å². The molecule has 0 spiro atoms. The summed E-state index contributed by atoms with van der Waals surface area (Å²) in [5.74, 6) is -8.01. The van der Waals surface area contributed by atoms with E-state index in [2.05, 4.69) is 0 Å². The maximum absolute atomic E-state index is 11.8. The third kappa shape index (κ3) is 1.57. The van der Waals surface area contributed by atoms with Crippen LogP contribution in [0.5, 0.6) is 0 Å². The van der Waals surface area contributed by atoms with E-state index in [9.17, 15) is 39.6 Å². The van der Waals surface area contributed by atoms with Crippen LogP contribution in [0.2, 0.25) is 0 Å². The third-order valence-corrected chi connectivity index (χ3v) is 4.20. The fourth-order valence-electron chi connectivity index (χ4n) is 3.16. The topological polar surface area (TPSA) is 149 Å². The van der Waals surface area contributed by atoms with E-state index >= 15 is 0 Å². The summed E-state index contributed by atoms with van der Waals surface area (Å²) in [6.07, 6.45) is -0.676. The molecule has 1 aromatic carbocycles. The second-order valence-corrected chi connectivity index (χ2v) is 5.03.